The molecule has 19 heavy (non-hydrogen) atoms. The Hall–Kier alpha value is -1.77. The highest BCUT2D eigenvalue weighted by atomic mass is 16.1. The lowest BCUT2D eigenvalue weighted by Gasteiger charge is -2.27. The predicted octanol–water partition coefficient (Wildman–Crippen LogP) is 3.58. The van der Waals surface area contributed by atoms with Gasteiger partial charge in [0.1, 0.15) is 5.69 Å². The lowest BCUT2D eigenvalue weighted by Crippen LogP contribution is -2.33. The average molecular weight is 258 g/mol. The highest BCUT2D eigenvalue weighted by Crippen LogP contribution is 2.24. The number of rotatable bonds is 3. The Morgan fingerprint density at radius 1 is 1.32 bits per heavy atom. The van der Waals surface area contributed by atoms with Gasteiger partial charge in [0, 0.05) is 17.4 Å². The molecule has 0 radical (unpaired) electrons. The van der Waals surface area contributed by atoms with Crippen LogP contribution in [0.4, 0.5) is 0 Å². The van der Waals surface area contributed by atoms with Crippen molar-refractivity contribution in [3.63, 3.8) is 0 Å². The molecule has 0 aliphatic heterocycles. The molecule has 0 saturated carbocycles. The van der Waals surface area contributed by atoms with Crippen molar-refractivity contribution in [2.75, 3.05) is 6.54 Å². The van der Waals surface area contributed by atoms with Crippen LogP contribution in [0.5, 0.6) is 0 Å². The Morgan fingerprint density at radius 3 is 2.63 bits per heavy atom. The third-order valence-corrected chi connectivity index (χ3v) is 3.82. The summed E-state index contributed by atoms with van der Waals surface area (Å²) >= 11 is 0. The third-order valence-electron chi connectivity index (χ3n) is 3.82. The molecule has 102 valence electrons. The van der Waals surface area contributed by atoms with E-state index in [1.54, 1.807) is 0 Å². The summed E-state index contributed by atoms with van der Waals surface area (Å²) in [4.78, 5) is 15.2. The van der Waals surface area contributed by atoms with Crippen molar-refractivity contribution < 1.29 is 4.79 Å². The number of fused-ring (bicyclic) bond motifs is 1. The first-order valence-corrected chi connectivity index (χ1v) is 6.74. The van der Waals surface area contributed by atoms with E-state index in [2.05, 4.69) is 38.0 Å². The van der Waals surface area contributed by atoms with Gasteiger partial charge in [0.15, 0.2) is 0 Å². The van der Waals surface area contributed by atoms with Crippen LogP contribution < -0.4 is 5.32 Å². The molecule has 3 nitrogen and oxygen atoms in total. The fourth-order valence-electron chi connectivity index (χ4n) is 1.84. The SMILES string of the molecule is CC(CNC(=O)c1cc2ccccc2[nH]1)C(C)(C)C. The van der Waals surface area contributed by atoms with Crippen molar-refractivity contribution in [3.05, 3.63) is 36.0 Å². The molecular weight excluding hydrogens is 236 g/mol. The number of hydrogen-bond donors (Lipinski definition) is 2. The van der Waals surface area contributed by atoms with Gasteiger partial charge < -0.3 is 10.3 Å². The first kappa shape index (κ1) is 13.7. The van der Waals surface area contributed by atoms with E-state index in [1.165, 1.54) is 0 Å². The Balaban J connectivity index is 2.04. The van der Waals surface area contributed by atoms with E-state index >= 15 is 0 Å². The van der Waals surface area contributed by atoms with Crippen LogP contribution in [0.25, 0.3) is 10.9 Å². The normalized spacial score (nSPS) is 13.5. The third kappa shape index (κ3) is 3.16. The van der Waals surface area contributed by atoms with Crippen molar-refractivity contribution in [1.82, 2.24) is 10.3 Å². The molecule has 1 amide bonds. The van der Waals surface area contributed by atoms with Crippen molar-refractivity contribution >= 4 is 16.8 Å². The number of aromatic amines is 1. The topological polar surface area (TPSA) is 44.9 Å². The lowest BCUT2D eigenvalue weighted by atomic mass is 9.82. The van der Waals surface area contributed by atoms with Crippen LogP contribution in [0.2, 0.25) is 0 Å². The van der Waals surface area contributed by atoms with Gasteiger partial charge in [-0.1, -0.05) is 45.9 Å². The standard InChI is InChI=1S/C16H22N2O/c1-11(16(2,3)4)10-17-15(19)14-9-12-7-5-6-8-13(12)18-14/h5-9,11,18H,10H2,1-4H3,(H,17,19). The second kappa shape index (κ2) is 5.08. The number of nitrogens with one attached hydrogen (secondary N) is 2. The lowest BCUT2D eigenvalue weighted by molar-refractivity contribution is 0.0933. The van der Waals surface area contributed by atoms with Crippen LogP contribution in [-0.2, 0) is 0 Å². The zero-order valence-electron chi connectivity index (χ0n) is 12.1. The molecule has 0 fully saturated rings. The number of para-hydroxylation sites is 1. The highest BCUT2D eigenvalue weighted by molar-refractivity contribution is 5.97. The number of aromatic nitrogens is 1. The Morgan fingerprint density at radius 2 is 2.00 bits per heavy atom. The molecule has 1 atom stereocenters. The van der Waals surface area contributed by atoms with Crippen molar-refractivity contribution in [2.45, 2.75) is 27.7 Å². The fourth-order valence-corrected chi connectivity index (χ4v) is 1.84. The highest BCUT2D eigenvalue weighted by Gasteiger charge is 2.20. The van der Waals surface area contributed by atoms with Gasteiger partial charge in [-0.3, -0.25) is 4.79 Å². The second-order valence-electron chi connectivity index (χ2n) is 6.25. The van der Waals surface area contributed by atoms with E-state index < -0.39 is 0 Å². The van der Waals surface area contributed by atoms with Gasteiger partial charge in [-0.25, -0.2) is 0 Å². The second-order valence-corrected chi connectivity index (χ2v) is 6.25. The number of carbonyl (C=O) groups excluding carboxylic acids is 1. The largest absolute Gasteiger partial charge is 0.351 e. The molecule has 1 aromatic heterocycles. The molecule has 1 heterocycles. The number of H-pyrrole nitrogens is 1. The number of carbonyl (C=O) groups is 1. The number of benzene rings is 1. The van der Waals surface area contributed by atoms with Crippen LogP contribution in [0.3, 0.4) is 0 Å². The van der Waals surface area contributed by atoms with E-state index in [9.17, 15) is 4.79 Å². The molecule has 0 bridgehead atoms. The molecular formula is C16H22N2O. The minimum atomic E-state index is -0.0349. The smallest absolute Gasteiger partial charge is 0.267 e. The van der Waals surface area contributed by atoms with Crippen LogP contribution in [0.15, 0.2) is 30.3 Å². The summed E-state index contributed by atoms with van der Waals surface area (Å²) in [5.74, 6) is 0.396. The molecule has 0 saturated heterocycles. The zero-order chi connectivity index (χ0) is 14.0. The molecule has 0 aliphatic rings. The molecule has 3 heteroatoms. The van der Waals surface area contributed by atoms with Crippen LogP contribution in [0.1, 0.15) is 38.2 Å². The number of amides is 1. The predicted molar refractivity (Wildman–Crippen MR) is 79.3 cm³/mol. The zero-order valence-corrected chi connectivity index (χ0v) is 12.1. The van der Waals surface area contributed by atoms with E-state index in [-0.39, 0.29) is 11.3 Å². The first-order valence-electron chi connectivity index (χ1n) is 6.74. The monoisotopic (exact) mass is 258 g/mol. The summed E-state index contributed by atoms with van der Waals surface area (Å²) < 4.78 is 0. The van der Waals surface area contributed by atoms with Crippen molar-refractivity contribution in [2.24, 2.45) is 11.3 Å². The maximum Gasteiger partial charge on any atom is 0.267 e. The Labute approximate surface area is 114 Å². The first-order chi connectivity index (χ1) is 8.88. The van der Waals surface area contributed by atoms with Crippen LogP contribution in [0, 0.1) is 11.3 Å². The molecule has 2 rings (SSSR count). The van der Waals surface area contributed by atoms with E-state index in [0.29, 0.717) is 18.2 Å². The van der Waals surface area contributed by atoms with Crippen molar-refractivity contribution in [3.8, 4) is 0 Å². The van der Waals surface area contributed by atoms with Gasteiger partial charge in [0.05, 0.1) is 0 Å². The maximum absolute atomic E-state index is 12.1. The summed E-state index contributed by atoms with van der Waals surface area (Å²) in [7, 11) is 0. The fraction of sp³-hybridized carbons (Fsp3) is 0.438. The summed E-state index contributed by atoms with van der Waals surface area (Å²) in [6, 6.07) is 9.80. The molecule has 1 unspecified atom stereocenters. The van der Waals surface area contributed by atoms with E-state index in [1.807, 2.05) is 30.3 Å². The minimum Gasteiger partial charge on any atom is -0.351 e. The van der Waals surface area contributed by atoms with Gasteiger partial charge in [-0.15, -0.1) is 0 Å². The van der Waals surface area contributed by atoms with E-state index in [4.69, 9.17) is 0 Å². The Bertz CT molecular complexity index is 545. The number of hydrogen-bond acceptors (Lipinski definition) is 1. The summed E-state index contributed by atoms with van der Waals surface area (Å²) in [6.07, 6.45) is 0. The van der Waals surface area contributed by atoms with Gasteiger partial charge >= 0.3 is 0 Å². The van der Waals surface area contributed by atoms with Gasteiger partial charge in [0.25, 0.3) is 5.91 Å². The van der Waals surface area contributed by atoms with Gasteiger partial charge in [-0.05, 0) is 23.5 Å². The molecule has 2 N–H and O–H groups in total. The van der Waals surface area contributed by atoms with Gasteiger partial charge in [-0.2, -0.15) is 0 Å². The van der Waals surface area contributed by atoms with E-state index in [0.717, 1.165) is 10.9 Å². The average Bonchev–Trinajstić information content (AvgIpc) is 2.78. The summed E-state index contributed by atoms with van der Waals surface area (Å²) in [5, 5.41) is 4.06. The molecule has 0 aliphatic carbocycles. The quantitative estimate of drug-likeness (QED) is 0.868. The maximum atomic E-state index is 12.1. The van der Waals surface area contributed by atoms with Crippen LogP contribution >= 0.6 is 0 Å². The molecule has 0 spiro atoms. The molecule has 2 aromatic rings. The van der Waals surface area contributed by atoms with Crippen molar-refractivity contribution in [1.29, 1.82) is 0 Å². The Kier molecular flexibility index (Phi) is 3.65. The summed E-state index contributed by atoms with van der Waals surface area (Å²) in [5.41, 5.74) is 1.83. The molecule has 1 aromatic carbocycles. The van der Waals surface area contributed by atoms with Crippen LogP contribution in [-0.4, -0.2) is 17.4 Å². The van der Waals surface area contributed by atoms with Gasteiger partial charge in [0.2, 0.25) is 0 Å². The minimum absolute atomic E-state index is 0.0349. The summed E-state index contributed by atoms with van der Waals surface area (Å²) in [6.45, 7) is 9.41.